The highest BCUT2D eigenvalue weighted by molar-refractivity contribution is 8.26. The fraction of sp³-hybridized carbons (Fsp3) is 0.348. The number of ether oxygens (including phenoxy) is 1. The van der Waals surface area contributed by atoms with Crippen LogP contribution < -0.4 is 10.9 Å². The molecule has 2 saturated heterocycles. The average Bonchev–Trinajstić information content (AvgIpc) is 3.59. The molecule has 0 bridgehead atoms. The van der Waals surface area contributed by atoms with E-state index in [4.69, 9.17) is 17.0 Å². The van der Waals surface area contributed by atoms with Crippen molar-refractivity contribution in [2.75, 3.05) is 25.0 Å². The quantitative estimate of drug-likeness (QED) is 0.289. The van der Waals surface area contributed by atoms with Crippen LogP contribution in [0.2, 0.25) is 0 Å². The number of anilines is 1. The number of nitrogens with zero attached hydrogens (tertiary/aromatic N) is 5. The molecule has 2 fully saturated rings. The first-order valence-electron chi connectivity index (χ1n) is 11.2. The number of imidazole rings is 1. The number of carbonyl (C=O) groups excluding carboxylic acids is 1. The number of aromatic nitrogens is 4. The van der Waals surface area contributed by atoms with Gasteiger partial charge in [-0.1, -0.05) is 30.0 Å². The summed E-state index contributed by atoms with van der Waals surface area (Å²) in [6, 6.07) is 5.39. The molecule has 3 aromatic heterocycles. The fourth-order valence-corrected chi connectivity index (χ4v) is 5.29. The Labute approximate surface area is 205 Å². The van der Waals surface area contributed by atoms with Crippen molar-refractivity contribution < 1.29 is 9.53 Å². The van der Waals surface area contributed by atoms with Gasteiger partial charge in [-0.25, -0.2) is 9.97 Å². The third-order valence-electron chi connectivity index (χ3n) is 5.77. The van der Waals surface area contributed by atoms with Crippen molar-refractivity contribution in [2.45, 2.75) is 31.9 Å². The van der Waals surface area contributed by atoms with Crippen LogP contribution in [0.15, 0.2) is 52.8 Å². The molecule has 2 aliphatic heterocycles. The van der Waals surface area contributed by atoms with Crippen molar-refractivity contribution in [3.8, 4) is 0 Å². The molecule has 2 aliphatic rings. The number of rotatable bonds is 8. The molecular formula is C23H24N6O3S2. The number of fused-ring (bicyclic) bond motifs is 1. The van der Waals surface area contributed by atoms with Gasteiger partial charge in [0.2, 0.25) is 0 Å². The zero-order valence-corrected chi connectivity index (χ0v) is 20.1. The minimum absolute atomic E-state index is 0.00235. The van der Waals surface area contributed by atoms with Crippen LogP contribution in [-0.4, -0.2) is 59.9 Å². The first-order chi connectivity index (χ1) is 16.6. The van der Waals surface area contributed by atoms with Gasteiger partial charge in [0.05, 0.1) is 29.4 Å². The molecule has 9 nitrogen and oxygen atoms in total. The number of aryl methyl sites for hydroxylation is 1. The summed E-state index contributed by atoms with van der Waals surface area (Å²) in [6.07, 6.45) is 11.4. The Bertz CT molecular complexity index is 1300. The molecule has 0 unspecified atom stereocenters. The third kappa shape index (κ3) is 4.77. The molecular weight excluding hydrogens is 472 g/mol. The summed E-state index contributed by atoms with van der Waals surface area (Å²) in [6.45, 7) is 2.55. The standard InChI is InChI=1S/C23H24N6O3S2/c30-21-17(13-18-22(31)29(23(33)34-18)14-16-5-3-12-32-16)20(26-19-6-1-2-10-28(19)21)25-7-4-9-27-11-8-24-15-27/h1-2,6,8,10-11,13,15-16,25H,3-5,7,9,12,14H2/b18-13-/t16-/m0/s1. The zero-order valence-electron chi connectivity index (χ0n) is 18.4. The summed E-state index contributed by atoms with van der Waals surface area (Å²) in [5.41, 5.74) is 0.628. The molecule has 176 valence electrons. The predicted octanol–water partition coefficient (Wildman–Crippen LogP) is 2.77. The Hall–Kier alpha value is -3.02. The summed E-state index contributed by atoms with van der Waals surface area (Å²) in [7, 11) is 0. The molecule has 0 aliphatic carbocycles. The Kier molecular flexibility index (Phi) is 6.75. The molecule has 1 atom stereocenters. The lowest BCUT2D eigenvalue weighted by Gasteiger charge is -2.18. The maximum atomic E-state index is 13.3. The molecule has 1 amide bonds. The second-order valence-corrected chi connectivity index (χ2v) is 9.79. The molecule has 11 heteroatoms. The maximum Gasteiger partial charge on any atom is 0.267 e. The van der Waals surface area contributed by atoms with E-state index < -0.39 is 0 Å². The van der Waals surface area contributed by atoms with E-state index in [2.05, 4.69) is 15.3 Å². The van der Waals surface area contributed by atoms with E-state index in [1.807, 2.05) is 16.8 Å². The average molecular weight is 497 g/mol. The molecule has 0 radical (unpaired) electrons. The van der Waals surface area contributed by atoms with Crippen LogP contribution in [-0.2, 0) is 16.1 Å². The summed E-state index contributed by atoms with van der Waals surface area (Å²) in [5, 5.41) is 3.29. The number of hydrogen-bond donors (Lipinski definition) is 1. The van der Waals surface area contributed by atoms with Crippen molar-refractivity contribution in [1.82, 2.24) is 23.8 Å². The summed E-state index contributed by atoms with van der Waals surface area (Å²) in [4.78, 5) is 37.2. The van der Waals surface area contributed by atoms with Gasteiger partial charge in [0.1, 0.15) is 15.8 Å². The summed E-state index contributed by atoms with van der Waals surface area (Å²) < 4.78 is 9.63. The van der Waals surface area contributed by atoms with Gasteiger partial charge < -0.3 is 14.6 Å². The van der Waals surface area contributed by atoms with E-state index in [1.165, 1.54) is 16.2 Å². The van der Waals surface area contributed by atoms with Gasteiger partial charge in [0.25, 0.3) is 11.5 Å². The van der Waals surface area contributed by atoms with Crippen molar-refractivity contribution in [2.24, 2.45) is 0 Å². The van der Waals surface area contributed by atoms with Crippen molar-refractivity contribution in [1.29, 1.82) is 0 Å². The molecule has 5 heterocycles. The third-order valence-corrected chi connectivity index (χ3v) is 7.15. The maximum absolute atomic E-state index is 13.3. The number of thioether (sulfide) groups is 1. The lowest BCUT2D eigenvalue weighted by Crippen LogP contribution is -2.35. The van der Waals surface area contributed by atoms with E-state index in [-0.39, 0.29) is 17.6 Å². The summed E-state index contributed by atoms with van der Waals surface area (Å²) >= 11 is 6.67. The van der Waals surface area contributed by atoms with E-state index in [0.717, 1.165) is 25.8 Å². The van der Waals surface area contributed by atoms with Gasteiger partial charge in [-0.15, -0.1) is 0 Å². The van der Waals surface area contributed by atoms with E-state index in [1.54, 1.807) is 41.8 Å². The van der Waals surface area contributed by atoms with Crippen LogP contribution in [0.3, 0.4) is 0 Å². The SMILES string of the molecule is O=C1/C(=C/c2c(NCCCn3ccnc3)nc3ccccn3c2=O)SC(=S)N1C[C@@H]1CCCO1. The molecule has 5 rings (SSSR count). The van der Waals surface area contributed by atoms with Gasteiger partial charge in [-0.05, 0) is 37.5 Å². The Morgan fingerprint density at radius 1 is 1.29 bits per heavy atom. The normalized spacial score (nSPS) is 19.6. The Balaban J connectivity index is 1.41. The highest BCUT2D eigenvalue weighted by Crippen LogP contribution is 2.34. The van der Waals surface area contributed by atoms with Crippen LogP contribution >= 0.6 is 24.0 Å². The van der Waals surface area contributed by atoms with Gasteiger partial charge >= 0.3 is 0 Å². The van der Waals surface area contributed by atoms with Crippen LogP contribution in [0.5, 0.6) is 0 Å². The fourth-order valence-electron chi connectivity index (χ4n) is 4.04. The van der Waals surface area contributed by atoms with E-state index in [0.29, 0.717) is 46.0 Å². The molecule has 1 N–H and O–H groups in total. The first kappa shape index (κ1) is 22.8. The van der Waals surface area contributed by atoms with Gasteiger partial charge in [0, 0.05) is 38.3 Å². The lowest BCUT2D eigenvalue weighted by molar-refractivity contribution is -0.123. The van der Waals surface area contributed by atoms with E-state index in [9.17, 15) is 9.59 Å². The number of pyridine rings is 1. The molecule has 0 aromatic carbocycles. The topological polar surface area (TPSA) is 93.8 Å². The molecule has 0 spiro atoms. The number of thiocarbonyl (C=S) groups is 1. The van der Waals surface area contributed by atoms with E-state index >= 15 is 0 Å². The zero-order chi connectivity index (χ0) is 23.5. The molecule has 0 saturated carbocycles. The van der Waals surface area contributed by atoms with Crippen molar-refractivity contribution >= 4 is 51.7 Å². The number of nitrogens with one attached hydrogen (secondary N) is 1. The van der Waals surface area contributed by atoms with Gasteiger partial charge in [0.15, 0.2) is 0 Å². The highest BCUT2D eigenvalue weighted by Gasteiger charge is 2.35. The predicted molar refractivity (Wildman–Crippen MR) is 136 cm³/mol. The Morgan fingerprint density at radius 2 is 2.21 bits per heavy atom. The smallest absolute Gasteiger partial charge is 0.267 e. The van der Waals surface area contributed by atoms with Crippen LogP contribution in [0.4, 0.5) is 5.82 Å². The largest absolute Gasteiger partial charge is 0.376 e. The first-order valence-corrected chi connectivity index (χ1v) is 12.4. The van der Waals surface area contributed by atoms with Crippen molar-refractivity contribution in [3.63, 3.8) is 0 Å². The van der Waals surface area contributed by atoms with Crippen LogP contribution in [0.25, 0.3) is 11.7 Å². The van der Waals surface area contributed by atoms with Crippen LogP contribution in [0.1, 0.15) is 24.8 Å². The molecule has 34 heavy (non-hydrogen) atoms. The lowest BCUT2D eigenvalue weighted by atomic mass is 10.2. The monoisotopic (exact) mass is 496 g/mol. The van der Waals surface area contributed by atoms with Gasteiger partial charge in [-0.2, -0.15) is 0 Å². The van der Waals surface area contributed by atoms with Gasteiger partial charge in [-0.3, -0.25) is 18.9 Å². The number of amides is 1. The second kappa shape index (κ2) is 10.1. The highest BCUT2D eigenvalue weighted by atomic mass is 32.2. The number of hydrogen-bond acceptors (Lipinski definition) is 8. The summed E-state index contributed by atoms with van der Waals surface area (Å²) in [5.74, 6) is 0.250. The number of carbonyl (C=O) groups is 1. The van der Waals surface area contributed by atoms with Crippen LogP contribution in [0, 0.1) is 0 Å². The minimum atomic E-state index is -0.243. The molecule has 3 aromatic rings. The Morgan fingerprint density at radius 3 is 3.00 bits per heavy atom. The second-order valence-electron chi connectivity index (χ2n) is 8.12. The van der Waals surface area contributed by atoms with Crippen molar-refractivity contribution in [3.05, 3.63) is 63.9 Å². The minimum Gasteiger partial charge on any atom is -0.376 e.